The summed E-state index contributed by atoms with van der Waals surface area (Å²) in [5.41, 5.74) is 1.10. The third-order valence-corrected chi connectivity index (χ3v) is 8.43. The fourth-order valence-electron chi connectivity index (χ4n) is 7.05. The first-order chi connectivity index (χ1) is 13.1. The van der Waals surface area contributed by atoms with Gasteiger partial charge in [0.2, 0.25) is 0 Å². The van der Waals surface area contributed by atoms with Crippen molar-refractivity contribution in [3.63, 3.8) is 0 Å². The lowest BCUT2D eigenvalue weighted by molar-refractivity contribution is -0.159. The highest BCUT2D eigenvalue weighted by atomic mass is 16.5. The second-order valence-electron chi connectivity index (χ2n) is 9.90. The van der Waals surface area contributed by atoms with Gasteiger partial charge in [-0.3, -0.25) is 14.4 Å². The van der Waals surface area contributed by atoms with Crippen LogP contribution < -0.4 is 0 Å². The van der Waals surface area contributed by atoms with E-state index in [1.165, 1.54) is 19.4 Å². The molecule has 3 fully saturated rings. The van der Waals surface area contributed by atoms with E-state index in [2.05, 4.69) is 19.9 Å². The molecule has 0 amide bonds. The summed E-state index contributed by atoms with van der Waals surface area (Å²) in [6.07, 6.45) is 7.89. The van der Waals surface area contributed by atoms with E-state index in [1.54, 1.807) is 0 Å². The monoisotopic (exact) mass is 388 g/mol. The summed E-state index contributed by atoms with van der Waals surface area (Å²) in [6.45, 7) is 7.46. The van der Waals surface area contributed by atoms with Gasteiger partial charge in [-0.2, -0.15) is 0 Å². The Bertz CT molecular complexity index is 739. The topological polar surface area (TPSA) is 69.7 Å². The van der Waals surface area contributed by atoms with Crippen LogP contribution >= 0.6 is 0 Å². The van der Waals surface area contributed by atoms with E-state index in [1.807, 2.05) is 0 Å². The number of hydrogen-bond donors (Lipinski definition) is 0. The molecule has 0 aromatic carbocycles. The molecular weight excluding hydrogens is 356 g/mol. The predicted octanol–water partition coefficient (Wildman–Crippen LogP) is 3.99. The first kappa shape index (κ1) is 19.7. The molecule has 0 aliphatic heterocycles. The molecule has 0 saturated heterocycles. The van der Waals surface area contributed by atoms with E-state index in [9.17, 15) is 14.4 Å². The van der Waals surface area contributed by atoms with Crippen LogP contribution in [0.25, 0.3) is 0 Å². The Morgan fingerprint density at radius 2 is 1.68 bits per heavy atom. The van der Waals surface area contributed by atoms with Crippen LogP contribution in [-0.4, -0.2) is 29.9 Å². The molecule has 0 aromatic heterocycles. The Morgan fingerprint density at radius 1 is 0.964 bits per heavy atom. The summed E-state index contributed by atoms with van der Waals surface area (Å²) >= 11 is 0. The number of ketones is 1. The molecule has 4 aliphatic rings. The summed E-state index contributed by atoms with van der Waals surface area (Å²) in [5.74, 6) is 0.551. The molecule has 0 heterocycles. The van der Waals surface area contributed by atoms with Crippen molar-refractivity contribution in [1.29, 1.82) is 0 Å². The van der Waals surface area contributed by atoms with Crippen LogP contribution in [0.1, 0.15) is 72.6 Å². The Labute approximate surface area is 167 Å². The van der Waals surface area contributed by atoms with Gasteiger partial charge in [-0.05, 0) is 61.9 Å². The minimum atomic E-state index is -0.263. The van der Waals surface area contributed by atoms with E-state index in [4.69, 9.17) is 9.47 Å². The minimum absolute atomic E-state index is 0.01000. The van der Waals surface area contributed by atoms with Crippen molar-refractivity contribution >= 4 is 17.7 Å². The van der Waals surface area contributed by atoms with Crippen LogP contribution in [0.2, 0.25) is 0 Å². The quantitative estimate of drug-likeness (QED) is 0.528. The zero-order valence-electron chi connectivity index (χ0n) is 17.5. The van der Waals surface area contributed by atoms with E-state index in [0.717, 1.165) is 38.5 Å². The van der Waals surface area contributed by atoms with Crippen LogP contribution in [0.5, 0.6) is 0 Å². The van der Waals surface area contributed by atoms with Gasteiger partial charge in [0, 0.05) is 31.6 Å². The Morgan fingerprint density at radius 3 is 2.36 bits per heavy atom. The molecule has 0 aromatic rings. The summed E-state index contributed by atoms with van der Waals surface area (Å²) in [5, 5.41) is 0. The van der Waals surface area contributed by atoms with Crippen molar-refractivity contribution in [1.82, 2.24) is 0 Å². The molecule has 3 saturated carbocycles. The number of allylic oxidation sites excluding steroid dienone is 1. The number of rotatable bonds is 2. The van der Waals surface area contributed by atoms with E-state index >= 15 is 0 Å². The predicted molar refractivity (Wildman–Crippen MR) is 103 cm³/mol. The number of carbonyl (C=O) groups is 3. The molecule has 5 heteroatoms. The Kier molecular flexibility index (Phi) is 4.71. The fourth-order valence-corrected chi connectivity index (χ4v) is 7.05. The lowest BCUT2D eigenvalue weighted by Crippen LogP contribution is -2.55. The molecular formula is C23H32O5. The highest BCUT2D eigenvalue weighted by Crippen LogP contribution is 2.65. The summed E-state index contributed by atoms with van der Waals surface area (Å²) in [6, 6.07) is 0. The first-order valence-electron chi connectivity index (χ1n) is 10.7. The molecule has 7 atom stereocenters. The van der Waals surface area contributed by atoms with Crippen LogP contribution in [0, 0.1) is 28.6 Å². The number of fused-ring (bicyclic) bond motifs is 5. The number of carbonyl (C=O) groups excluding carboxylic acids is 3. The number of esters is 2. The van der Waals surface area contributed by atoms with Crippen molar-refractivity contribution in [2.75, 3.05) is 0 Å². The van der Waals surface area contributed by atoms with E-state index < -0.39 is 0 Å². The largest absolute Gasteiger partial charge is 0.462 e. The molecule has 28 heavy (non-hydrogen) atoms. The van der Waals surface area contributed by atoms with Crippen molar-refractivity contribution in [2.24, 2.45) is 28.6 Å². The van der Waals surface area contributed by atoms with Gasteiger partial charge in [-0.15, -0.1) is 0 Å². The average molecular weight is 389 g/mol. The third kappa shape index (κ3) is 2.93. The van der Waals surface area contributed by atoms with Crippen molar-refractivity contribution in [2.45, 2.75) is 84.8 Å². The van der Waals surface area contributed by atoms with Gasteiger partial charge in [0.05, 0.1) is 0 Å². The molecule has 154 valence electrons. The summed E-state index contributed by atoms with van der Waals surface area (Å²) in [4.78, 5) is 36.2. The van der Waals surface area contributed by atoms with Crippen molar-refractivity contribution < 1.29 is 23.9 Å². The molecule has 0 unspecified atom stereocenters. The van der Waals surface area contributed by atoms with Crippen LogP contribution in [0.4, 0.5) is 0 Å². The maximum Gasteiger partial charge on any atom is 0.303 e. The summed E-state index contributed by atoms with van der Waals surface area (Å²) < 4.78 is 11.1. The SMILES string of the molecule is CC(=O)O[C@@H]1C=C2CC(=O)[C@H]3[C@@H]4CC[C@H](OC(C)=O)[C@@]4(C)CC[C@@H]3[C@@]2(C)CC1. The Balaban J connectivity index is 1.62. The molecule has 4 aliphatic carbocycles. The zero-order chi connectivity index (χ0) is 20.3. The second-order valence-corrected chi connectivity index (χ2v) is 9.90. The van der Waals surface area contributed by atoms with Gasteiger partial charge >= 0.3 is 11.9 Å². The van der Waals surface area contributed by atoms with Crippen molar-refractivity contribution in [3.05, 3.63) is 11.6 Å². The van der Waals surface area contributed by atoms with Gasteiger partial charge in [0.1, 0.15) is 18.0 Å². The molecule has 5 nitrogen and oxygen atoms in total. The lowest BCUT2D eigenvalue weighted by atomic mass is 9.47. The van der Waals surface area contributed by atoms with Gasteiger partial charge < -0.3 is 9.47 Å². The third-order valence-electron chi connectivity index (χ3n) is 8.43. The summed E-state index contributed by atoms with van der Waals surface area (Å²) in [7, 11) is 0. The fraction of sp³-hybridized carbons (Fsp3) is 0.783. The minimum Gasteiger partial charge on any atom is -0.462 e. The van der Waals surface area contributed by atoms with E-state index in [-0.39, 0.29) is 40.9 Å². The second kappa shape index (κ2) is 6.70. The van der Waals surface area contributed by atoms with E-state index in [0.29, 0.717) is 24.0 Å². The zero-order valence-corrected chi connectivity index (χ0v) is 17.5. The van der Waals surface area contributed by atoms with Crippen LogP contribution in [0.3, 0.4) is 0 Å². The highest BCUT2D eigenvalue weighted by molar-refractivity contribution is 5.86. The normalized spacial score (nSPS) is 44.6. The number of hydrogen-bond acceptors (Lipinski definition) is 5. The molecule has 0 bridgehead atoms. The van der Waals surface area contributed by atoms with Crippen molar-refractivity contribution in [3.8, 4) is 0 Å². The maximum absolute atomic E-state index is 13.3. The van der Waals surface area contributed by atoms with Crippen LogP contribution in [0.15, 0.2) is 11.6 Å². The van der Waals surface area contributed by atoms with Gasteiger partial charge in [0.15, 0.2) is 0 Å². The molecule has 4 rings (SSSR count). The average Bonchev–Trinajstić information content (AvgIpc) is 2.92. The first-order valence-corrected chi connectivity index (χ1v) is 10.7. The van der Waals surface area contributed by atoms with Crippen LogP contribution in [-0.2, 0) is 23.9 Å². The molecule has 0 radical (unpaired) electrons. The highest BCUT2D eigenvalue weighted by Gasteiger charge is 2.62. The van der Waals surface area contributed by atoms with Gasteiger partial charge in [-0.25, -0.2) is 0 Å². The molecule has 0 spiro atoms. The molecule has 0 N–H and O–H groups in total. The standard InChI is InChI=1S/C23H32O5/c1-13(24)27-16-7-9-22(3)15(11-16)12-19(26)21-17-5-6-20(28-14(2)25)23(17,4)10-8-18(21)22/h11,16-18,20-21H,5-10,12H2,1-4H3/t16-,17-,18-,20-,21-,22-,23-/m0/s1. The Hall–Kier alpha value is -1.65. The van der Waals surface area contributed by atoms with Gasteiger partial charge in [-0.1, -0.05) is 19.4 Å². The number of ether oxygens (including phenoxy) is 2. The smallest absolute Gasteiger partial charge is 0.303 e. The lowest BCUT2D eigenvalue weighted by Gasteiger charge is -2.57. The number of Topliss-reactive ketones (excluding diaryl/α,β-unsaturated/α-hetero) is 1. The maximum atomic E-state index is 13.3. The van der Waals surface area contributed by atoms with Gasteiger partial charge in [0.25, 0.3) is 0 Å².